The minimum Gasteiger partial charge on any atom is -0.295 e. The molecule has 0 fully saturated rings. The molecule has 3 rings (SSSR count). The molecule has 0 aliphatic heterocycles. The predicted octanol–water partition coefficient (Wildman–Crippen LogP) is 2.06. The number of fused-ring (bicyclic) bond motifs is 1. The molecule has 1 aromatic carbocycles. The third-order valence-electron chi connectivity index (χ3n) is 3.46. The minimum atomic E-state index is -0.382. The Morgan fingerprint density at radius 1 is 0.952 bits per heavy atom. The number of aromatic nitrogens is 3. The monoisotopic (exact) mass is 345 g/mol. The van der Waals surface area contributed by atoms with Crippen molar-refractivity contribution in [1.29, 1.82) is 0 Å². The van der Waals surface area contributed by atoms with Crippen LogP contribution in [0.25, 0.3) is 22.3 Å². The van der Waals surface area contributed by atoms with Gasteiger partial charge in [-0.15, -0.1) is 0 Å². The highest BCUT2D eigenvalue weighted by Gasteiger charge is 2.11. The van der Waals surface area contributed by atoms with E-state index in [2.05, 4.69) is 20.9 Å². The van der Waals surface area contributed by atoms with Crippen LogP contribution >= 0.6 is 15.9 Å². The molecule has 0 saturated carbocycles. The largest absolute Gasteiger partial charge is 0.331 e. The second-order valence-electron chi connectivity index (χ2n) is 4.78. The first kappa shape index (κ1) is 13.8. The van der Waals surface area contributed by atoms with E-state index in [4.69, 9.17) is 0 Å². The van der Waals surface area contributed by atoms with Crippen LogP contribution in [0.3, 0.4) is 0 Å². The van der Waals surface area contributed by atoms with Gasteiger partial charge in [-0.25, -0.2) is 9.78 Å². The summed E-state index contributed by atoms with van der Waals surface area (Å²) >= 11 is 3.38. The fourth-order valence-electron chi connectivity index (χ4n) is 2.24. The number of nitrogens with zero attached hydrogens (tertiary/aromatic N) is 3. The molecule has 3 aromatic rings. The molecule has 0 bridgehead atoms. The van der Waals surface area contributed by atoms with Crippen LogP contribution in [0, 0.1) is 0 Å². The second-order valence-corrected chi connectivity index (χ2v) is 5.69. The van der Waals surface area contributed by atoms with E-state index < -0.39 is 0 Å². The SMILES string of the molecule is Cn1c(=O)c2nc(-c3ccc(Br)cc3)ccc2n(C)c1=O. The molecule has 6 heteroatoms. The van der Waals surface area contributed by atoms with E-state index in [1.165, 1.54) is 11.6 Å². The Morgan fingerprint density at radius 3 is 2.29 bits per heavy atom. The minimum absolute atomic E-state index is 0.292. The summed E-state index contributed by atoms with van der Waals surface area (Å²) in [5.74, 6) is 0. The number of halogens is 1. The maximum absolute atomic E-state index is 12.2. The quantitative estimate of drug-likeness (QED) is 0.678. The van der Waals surface area contributed by atoms with Gasteiger partial charge in [-0.1, -0.05) is 28.1 Å². The van der Waals surface area contributed by atoms with Gasteiger partial charge in [0, 0.05) is 24.1 Å². The maximum Gasteiger partial charge on any atom is 0.331 e. The van der Waals surface area contributed by atoms with Crippen LogP contribution in [0.2, 0.25) is 0 Å². The lowest BCUT2D eigenvalue weighted by molar-refractivity contribution is 0.711. The molecule has 0 unspecified atom stereocenters. The summed E-state index contributed by atoms with van der Waals surface area (Å²) in [5, 5.41) is 0. The molecule has 0 spiro atoms. The molecule has 21 heavy (non-hydrogen) atoms. The van der Waals surface area contributed by atoms with Crippen LogP contribution in [0.5, 0.6) is 0 Å². The fraction of sp³-hybridized carbons (Fsp3) is 0.133. The molecule has 0 aliphatic carbocycles. The van der Waals surface area contributed by atoms with Crippen molar-refractivity contribution in [2.24, 2.45) is 14.1 Å². The summed E-state index contributed by atoms with van der Waals surface area (Å²) in [6, 6.07) is 11.2. The molecule has 5 nitrogen and oxygen atoms in total. The first-order valence-electron chi connectivity index (χ1n) is 6.32. The number of aryl methyl sites for hydroxylation is 1. The smallest absolute Gasteiger partial charge is 0.295 e. The zero-order valence-electron chi connectivity index (χ0n) is 11.5. The van der Waals surface area contributed by atoms with Gasteiger partial charge in [0.2, 0.25) is 0 Å². The summed E-state index contributed by atoms with van der Waals surface area (Å²) in [4.78, 5) is 28.5. The summed E-state index contributed by atoms with van der Waals surface area (Å²) in [7, 11) is 3.09. The molecule has 106 valence electrons. The Hall–Kier alpha value is -2.21. The Balaban J connectivity index is 2.33. The van der Waals surface area contributed by atoms with Crippen LogP contribution in [-0.2, 0) is 14.1 Å². The number of hydrogen-bond donors (Lipinski definition) is 0. The number of pyridine rings is 1. The van der Waals surface area contributed by atoms with Gasteiger partial charge in [0.15, 0.2) is 5.52 Å². The Labute approximate surface area is 128 Å². The molecule has 0 radical (unpaired) electrons. The first-order chi connectivity index (χ1) is 9.99. The van der Waals surface area contributed by atoms with Crippen molar-refractivity contribution in [1.82, 2.24) is 14.1 Å². The zero-order chi connectivity index (χ0) is 15.1. The number of hydrogen-bond acceptors (Lipinski definition) is 3. The standard InChI is InChI=1S/C15H12BrN3O2/c1-18-12-8-7-11(9-3-5-10(16)6-4-9)17-13(12)14(20)19(2)15(18)21/h3-8H,1-2H3. The van der Waals surface area contributed by atoms with Crippen molar-refractivity contribution < 1.29 is 0 Å². The van der Waals surface area contributed by atoms with E-state index in [1.54, 1.807) is 13.1 Å². The highest BCUT2D eigenvalue weighted by Crippen LogP contribution is 2.21. The average molecular weight is 346 g/mol. The Bertz CT molecular complexity index is 956. The number of benzene rings is 1. The van der Waals surface area contributed by atoms with Crippen molar-refractivity contribution in [3.8, 4) is 11.3 Å². The van der Waals surface area contributed by atoms with Gasteiger partial charge in [0.1, 0.15) is 0 Å². The van der Waals surface area contributed by atoms with E-state index in [0.717, 1.165) is 14.6 Å². The lowest BCUT2D eigenvalue weighted by Crippen LogP contribution is -2.37. The van der Waals surface area contributed by atoms with Crippen molar-refractivity contribution in [3.05, 3.63) is 61.7 Å². The van der Waals surface area contributed by atoms with E-state index >= 15 is 0 Å². The maximum atomic E-state index is 12.2. The topological polar surface area (TPSA) is 56.9 Å². The van der Waals surface area contributed by atoms with Gasteiger partial charge in [0.25, 0.3) is 5.56 Å². The predicted molar refractivity (Wildman–Crippen MR) is 85.4 cm³/mol. The van der Waals surface area contributed by atoms with Crippen molar-refractivity contribution in [2.75, 3.05) is 0 Å². The molecule has 0 amide bonds. The van der Waals surface area contributed by atoms with Gasteiger partial charge in [-0.3, -0.25) is 13.9 Å². The van der Waals surface area contributed by atoms with Crippen molar-refractivity contribution in [3.63, 3.8) is 0 Å². The normalized spacial score (nSPS) is 11.0. The van der Waals surface area contributed by atoms with Gasteiger partial charge in [-0.2, -0.15) is 0 Å². The molecular weight excluding hydrogens is 334 g/mol. The van der Waals surface area contributed by atoms with Gasteiger partial charge in [-0.05, 0) is 24.3 Å². The molecule has 0 N–H and O–H groups in total. The average Bonchev–Trinajstić information content (AvgIpc) is 2.51. The van der Waals surface area contributed by atoms with Crippen LogP contribution in [-0.4, -0.2) is 14.1 Å². The molecule has 2 aromatic heterocycles. The van der Waals surface area contributed by atoms with Gasteiger partial charge >= 0.3 is 5.69 Å². The zero-order valence-corrected chi connectivity index (χ0v) is 13.1. The van der Waals surface area contributed by atoms with Crippen LogP contribution in [0.1, 0.15) is 0 Å². The third kappa shape index (κ3) is 2.21. The van der Waals surface area contributed by atoms with Gasteiger partial charge in [0.05, 0.1) is 11.2 Å². The van der Waals surface area contributed by atoms with E-state index in [-0.39, 0.29) is 11.2 Å². The van der Waals surface area contributed by atoms with Crippen molar-refractivity contribution in [2.45, 2.75) is 0 Å². The Kier molecular flexibility index (Phi) is 3.25. The highest BCUT2D eigenvalue weighted by molar-refractivity contribution is 9.10. The molecule has 0 saturated heterocycles. The van der Waals surface area contributed by atoms with Crippen LogP contribution < -0.4 is 11.2 Å². The summed E-state index contributed by atoms with van der Waals surface area (Å²) in [6.45, 7) is 0. The summed E-state index contributed by atoms with van der Waals surface area (Å²) in [6.07, 6.45) is 0. The molecule has 2 heterocycles. The van der Waals surface area contributed by atoms with E-state index in [9.17, 15) is 9.59 Å². The lowest BCUT2D eigenvalue weighted by Gasteiger charge is -2.08. The van der Waals surface area contributed by atoms with Crippen LogP contribution in [0.15, 0.2) is 50.5 Å². The van der Waals surface area contributed by atoms with E-state index in [1.807, 2.05) is 30.3 Å². The lowest BCUT2D eigenvalue weighted by atomic mass is 10.1. The Morgan fingerprint density at radius 2 is 1.62 bits per heavy atom. The van der Waals surface area contributed by atoms with Gasteiger partial charge < -0.3 is 0 Å². The molecular formula is C15H12BrN3O2. The fourth-order valence-corrected chi connectivity index (χ4v) is 2.50. The summed E-state index contributed by atoms with van der Waals surface area (Å²) < 4.78 is 3.47. The first-order valence-corrected chi connectivity index (χ1v) is 7.11. The molecule has 0 atom stereocenters. The van der Waals surface area contributed by atoms with Crippen LogP contribution in [0.4, 0.5) is 0 Å². The third-order valence-corrected chi connectivity index (χ3v) is 3.99. The highest BCUT2D eigenvalue weighted by atomic mass is 79.9. The number of rotatable bonds is 1. The van der Waals surface area contributed by atoms with E-state index in [0.29, 0.717) is 16.7 Å². The summed E-state index contributed by atoms with van der Waals surface area (Å²) in [5.41, 5.74) is 1.70. The van der Waals surface area contributed by atoms with Crippen molar-refractivity contribution >= 4 is 27.0 Å². The molecule has 0 aliphatic rings. The second kappa shape index (κ2) is 4.96.